The molecule has 1 aliphatic carbocycles. The van der Waals surface area contributed by atoms with Crippen LogP contribution in [0.15, 0.2) is 51.6 Å². The van der Waals surface area contributed by atoms with Gasteiger partial charge in [0.15, 0.2) is 5.69 Å². The van der Waals surface area contributed by atoms with E-state index in [1.807, 2.05) is 4.90 Å². The lowest BCUT2D eigenvalue weighted by Gasteiger charge is -2.36. The third-order valence-corrected chi connectivity index (χ3v) is 7.78. The second-order valence-corrected chi connectivity index (χ2v) is 10.6. The van der Waals surface area contributed by atoms with Crippen molar-refractivity contribution in [3.8, 4) is 5.88 Å². The number of hydrogen-bond acceptors (Lipinski definition) is 7. The minimum Gasteiger partial charge on any atom is -0.493 e. The number of primary amides is 1. The maximum atomic E-state index is 15.4. The van der Waals surface area contributed by atoms with Crippen LogP contribution in [-0.2, 0) is 6.67 Å². The minimum atomic E-state index is -1.33. The molecule has 2 aliphatic rings. The Morgan fingerprint density at radius 2 is 1.80 bits per heavy atom. The van der Waals surface area contributed by atoms with Gasteiger partial charge in [0.2, 0.25) is 11.3 Å². The summed E-state index contributed by atoms with van der Waals surface area (Å²) in [6.07, 6.45) is 3.09. The second-order valence-electron chi connectivity index (χ2n) is 10.2. The molecule has 14 heteroatoms. The number of carbonyl (C=O) groups excluding carboxylic acids is 1. The van der Waals surface area contributed by atoms with Gasteiger partial charge in [-0.3, -0.25) is 14.3 Å². The Kier molecular flexibility index (Phi) is 6.62. The van der Waals surface area contributed by atoms with Crippen LogP contribution in [-0.4, -0.2) is 62.4 Å². The number of carboxylic acids is 1. The van der Waals surface area contributed by atoms with Gasteiger partial charge in [-0.25, -0.2) is 14.0 Å². The molecule has 4 N–H and O–H groups in total. The Morgan fingerprint density at radius 3 is 2.46 bits per heavy atom. The summed E-state index contributed by atoms with van der Waals surface area (Å²) in [5.74, 6) is -2.13. The van der Waals surface area contributed by atoms with E-state index in [9.17, 15) is 24.6 Å². The van der Waals surface area contributed by atoms with Gasteiger partial charge in [-0.15, -0.1) is 5.11 Å². The van der Waals surface area contributed by atoms with Crippen molar-refractivity contribution in [3.05, 3.63) is 63.2 Å². The highest BCUT2D eigenvalue weighted by molar-refractivity contribution is 6.31. The number of azo groups is 1. The molecule has 2 aromatic carbocycles. The number of aromatic carboxylic acids is 1. The normalized spacial score (nSPS) is 16.3. The average molecular weight is 582 g/mol. The molecule has 0 bridgehead atoms. The monoisotopic (exact) mass is 581 g/mol. The predicted molar refractivity (Wildman–Crippen MR) is 150 cm³/mol. The number of aromatic nitrogens is 2. The molecule has 2 aromatic heterocycles. The van der Waals surface area contributed by atoms with E-state index in [0.717, 1.165) is 18.9 Å². The maximum absolute atomic E-state index is 15.4. The number of anilines is 1. The van der Waals surface area contributed by atoms with Crippen LogP contribution in [0.5, 0.6) is 5.88 Å². The lowest BCUT2D eigenvalue weighted by molar-refractivity contribution is 0.0694. The number of aromatic hydroxyl groups is 1. The molecule has 2 fully saturated rings. The van der Waals surface area contributed by atoms with E-state index in [0.29, 0.717) is 53.3 Å². The number of hydrogen-bond donors (Lipinski definition) is 3. The Labute approximate surface area is 236 Å². The van der Waals surface area contributed by atoms with Crippen molar-refractivity contribution >= 4 is 56.8 Å². The van der Waals surface area contributed by atoms with Crippen molar-refractivity contribution in [1.29, 1.82) is 0 Å². The van der Waals surface area contributed by atoms with Gasteiger partial charge in [-0.2, -0.15) is 0 Å². The maximum Gasteiger partial charge on any atom is 0.356 e. The lowest BCUT2D eigenvalue weighted by atomic mass is 10.1. The van der Waals surface area contributed by atoms with Gasteiger partial charge in [0.25, 0.3) is 0 Å². The van der Waals surface area contributed by atoms with Crippen molar-refractivity contribution in [2.75, 3.05) is 31.1 Å². The number of carbonyl (C=O) groups is 2. The highest BCUT2D eigenvalue weighted by atomic mass is 35.5. The molecule has 2 amide bonds. The molecule has 212 valence electrons. The quantitative estimate of drug-likeness (QED) is 0.284. The molecule has 6 rings (SSSR count). The Balaban J connectivity index is 1.26. The van der Waals surface area contributed by atoms with Gasteiger partial charge in [0, 0.05) is 54.2 Å². The number of urea groups is 1. The van der Waals surface area contributed by atoms with Gasteiger partial charge in [0.1, 0.15) is 11.4 Å². The molecule has 1 saturated heterocycles. The summed E-state index contributed by atoms with van der Waals surface area (Å²) in [7, 11) is 0. The second kappa shape index (κ2) is 10.2. The zero-order valence-corrected chi connectivity index (χ0v) is 22.4. The highest BCUT2D eigenvalue weighted by Crippen LogP contribution is 2.41. The van der Waals surface area contributed by atoms with E-state index in [-0.39, 0.29) is 35.2 Å². The molecule has 4 aromatic rings. The summed E-state index contributed by atoms with van der Waals surface area (Å²) in [5, 5.41) is 28.5. The number of carboxylic acid groups (broad SMARTS) is 1. The van der Waals surface area contributed by atoms with E-state index in [4.69, 9.17) is 17.3 Å². The first-order valence-corrected chi connectivity index (χ1v) is 13.3. The number of halogens is 2. The van der Waals surface area contributed by atoms with E-state index >= 15 is 4.39 Å². The summed E-state index contributed by atoms with van der Waals surface area (Å²) < 4.78 is 18.8. The molecular formula is C27H25ClFN7O5. The van der Waals surface area contributed by atoms with E-state index in [1.165, 1.54) is 6.20 Å². The van der Waals surface area contributed by atoms with Crippen LogP contribution in [0.2, 0.25) is 5.02 Å². The van der Waals surface area contributed by atoms with Crippen LogP contribution in [0.1, 0.15) is 29.2 Å². The molecule has 0 unspecified atom stereocenters. The van der Waals surface area contributed by atoms with Gasteiger partial charge in [0.05, 0.1) is 23.4 Å². The fourth-order valence-electron chi connectivity index (χ4n) is 5.38. The largest absolute Gasteiger partial charge is 0.493 e. The van der Waals surface area contributed by atoms with Crippen LogP contribution in [0, 0.1) is 5.82 Å². The van der Waals surface area contributed by atoms with Crippen LogP contribution < -0.4 is 16.1 Å². The standard InChI is InChI=1S/C27H25ClFN7O5/c28-14-1-4-20-16(9-14)23(31-32-27(30)41)25(38)36(20)13-33-5-7-34(8-6-33)22-11-21-17(10-19(22)29)24(37)18(26(39)40)12-35(21)15-2-3-15/h1,4,9-12,15,38H,2-3,5-8,13H2,(H2,30,41)(H,39,40). The number of nitrogens with zero attached hydrogens (tertiary/aromatic N) is 6. The zero-order valence-electron chi connectivity index (χ0n) is 21.6. The number of fused-ring (bicyclic) bond motifs is 2. The Bertz CT molecular complexity index is 1820. The highest BCUT2D eigenvalue weighted by Gasteiger charge is 2.29. The molecular weight excluding hydrogens is 557 g/mol. The van der Waals surface area contributed by atoms with Crippen molar-refractivity contribution < 1.29 is 24.2 Å². The van der Waals surface area contributed by atoms with Gasteiger partial charge >= 0.3 is 12.0 Å². The van der Waals surface area contributed by atoms with E-state index < -0.39 is 23.2 Å². The van der Waals surface area contributed by atoms with Crippen molar-refractivity contribution in [2.24, 2.45) is 16.0 Å². The lowest BCUT2D eigenvalue weighted by Crippen LogP contribution is -2.47. The first-order valence-electron chi connectivity index (χ1n) is 12.9. The molecule has 1 saturated carbocycles. The smallest absolute Gasteiger partial charge is 0.356 e. The van der Waals surface area contributed by atoms with Crippen molar-refractivity contribution in [3.63, 3.8) is 0 Å². The van der Waals surface area contributed by atoms with Crippen LogP contribution in [0.25, 0.3) is 21.8 Å². The van der Waals surface area contributed by atoms with Crippen molar-refractivity contribution in [1.82, 2.24) is 14.0 Å². The number of piperazine rings is 1. The van der Waals surface area contributed by atoms with Crippen LogP contribution >= 0.6 is 11.6 Å². The average Bonchev–Trinajstić information content (AvgIpc) is 3.74. The summed E-state index contributed by atoms with van der Waals surface area (Å²) in [5.41, 5.74) is 5.57. The summed E-state index contributed by atoms with van der Waals surface area (Å²) in [6.45, 7) is 2.25. The number of amides is 2. The summed E-state index contributed by atoms with van der Waals surface area (Å²) in [4.78, 5) is 39.5. The third kappa shape index (κ3) is 4.87. The van der Waals surface area contributed by atoms with E-state index in [2.05, 4.69) is 15.1 Å². The molecule has 41 heavy (non-hydrogen) atoms. The van der Waals surface area contributed by atoms with Crippen LogP contribution in [0.4, 0.5) is 20.6 Å². The molecule has 3 heterocycles. The molecule has 1 aliphatic heterocycles. The van der Waals surface area contributed by atoms with Crippen molar-refractivity contribution in [2.45, 2.75) is 25.6 Å². The number of pyridine rings is 1. The first kappa shape index (κ1) is 26.7. The molecule has 0 radical (unpaired) electrons. The van der Waals surface area contributed by atoms with Crippen LogP contribution in [0.3, 0.4) is 0 Å². The molecule has 12 nitrogen and oxygen atoms in total. The summed E-state index contributed by atoms with van der Waals surface area (Å²) >= 11 is 6.14. The predicted octanol–water partition coefficient (Wildman–Crippen LogP) is 4.43. The summed E-state index contributed by atoms with van der Waals surface area (Å²) in [6, 6.07) is 6.88. The Hall–Kier alpha value is -4.49. The molecule has 0 spiro atoms. The number of benzene rings is 2. The SMILES string of the molecule is NC(=O)N=Nc1c(O)n(CN2CCN(c3cc4c(cc3F)c(=O)c(C(=O)O)cn4C3CC3)CC2)c2ccc(Cl)cc12. The minimum absolute atomic E-state index is 0.0519. The number of nitrogens with two attached hydrogens (primary N) is 1. The number of rotatable bonds is 6. The topological polar surface area (TPSA) is 159 Å². The van der Waals surface area contributed by atoms with Gasteiger partial charge in [-0.1, -0.05) is 16.7 Å². The fraction of sp³-hybridized carbons (Fsp3) is 0.296. The molecule has 0 atom stereocenters. The zero-order chi connectivity index (χ0) is 29.0. The third-order valence-electron chi connectivity index (χ3n) is 7.55. The first-order chi connectivity index (χ1) is 19.6. The van der Waals surface area contributed by atoms with Gasteiger partial charge in [-0.05, 0) is 43.2 Å². The van der Waals surface area contributed by atoms with E-state index in [1.54, 1.807) is 33.4 Å². The van der Waals surface area contributed by atoms with Gasteiger partial charge < -0.3 is 25.4 Å². The Morgan fingerprint density at radius 1 is 1.07 bits per heavy atom. The fourth-order valence-corrected chi connectivity index (χ4v) is 5.55.